The molecule has 2 N–H and O–H groups in total. The fraction of sp³-hybridized carbons (Fsp3) is 0.308. The summed E-state index contributed by atoms with van der Waals surface area (Å²) in [6, 6.07) is 5.87. The summed E-state index contributed by atoms with van der Waals surface area (Å²) < 4.78 is 0. The number of nitrogens with one attached hydrogen (secondary N) is 2. The minimum atomic E-state index is -0.289. The number of carbonyl (C=O) groups excluding carboxylic acids is 1. The molecule has 1 heterocycles. The Morgan fingerprint density at radius 1 is 1.33 bits per heavy atom. The molecule has 0 aliphatic carbocycles. The summed E-state index contributed by atoms with van der Waals surface area (Å²) >= 11 is 0. The number of aryl methyl sites for hydroxylation is 3. The molecule has 18 heavy (non-hydrogen) atoms. The highest BCUT2D eigenvalue weighted by Gasteiger charge is 2.14. The maximum Gasteiger partial charge on any atom is 0.295 e. The molecule has 2 rings (SSSR count). The Hall–Kier alpha value is -2.17. The van der Waals surface area contributed by atoms with Crippen molar-refractivity contribution in [3.63, 3.8) is 0 Å². The van der Waals surface area contributed by atoms with Crippen molar-refractivity contribution in [2.24, 2.45) is 0 Å². The van der Waals surface area contributed by atoms with E-state index in [0.717, 1.165) is 23.2 Å². The van der Waals surface area contributed by atoms with E-state index in [1.54, 1.807) is 0 Å². The minimum absolute atomic E-state index is 0.175. The lowest BCUT2D eigenvalue weighted by Crippen LogP contribution is -2.15. The number of anilines is 1. The van der Waals surface area contributed by atoms with Crippen LogP contribution in [0.2, 0.25) is 0 Å². The Labute approximate surface area is 106 Å². The molecule has 0 fully saturated rings. The summed E-state index contributed by atoms with van der Waals surface area (Å²) in [7, 11) is 0. The summed E-state index contributed by atoms with van der Waals surface area (Å²) in [5.41, 5.74) is 2.87. The largest absolute Gasteiger partial charge is 0.319 e. The van der Waals surface area contributed by atoms with Crippen LogP contribution in [-0.2, 0) is 6.42 Å². The Morgan fingerprint density at radius 3 is 2.56 bits per heavy atom. The first-order chi connectivity index (χ1) is 8.61. The normalized spacial score (nSPS) is 10.4. The number of para-hydroxylation sites is 1. The van der Waals surface area contributed by atoms with Gasteiger partial charge in [-0.05, 0) is 25.0 Å². The van der Waals surface area contributed by atoms with Crippen LogP contribution in [0.3, 0.4) is 0 Å². The molecule has 5 heteroatoms. The van der Waals surface area contributed by atoms with E-state index >= 15 is 0 Å². The lowest BCUT2D eigenvalue weighted by Gasteiger charge is -2.09. The van der Waals surface area contributed by atoms with Crippen LogP contribution in [0, 0.1) is 13.8 Å². The number of amides is 1. The van der Waals surface area contributed by atoms with Gasteiger partial charge in [-0.25, -0.2) is 4.98 Å². The molecule has 1 amide bonds. The van der Waals surface area contributed by atoms with E-state index in [1.807, 2.05) is 39.0 Å². The van der Waals surface area contributed by atoms with E-state index in [1.165, 1.54) is 0 Å². The number of aromatic nitrogens is 3. The highest BCUT2D eigenvalue weighted by Crippen LogP contribution is 2.19. The van der Waals surface area contributed by atoms with E-state index in [4.69, 9.17) is 0 Å². The molecular formula is C13H16N4O. The van der Waals surface area contributed by atoms with Gasteiger partial charge in [0.25, 0.3) is 5.91 Å². The minimum Gasteiger partial charge on any atom is -0.319 e. The van der Waals surface area contributed by atoms with Crippen molar-refractivity contribution in [2.45, 2.75) is 27.2 Å². The molecule has 0 atom stereocenters. The van der Waals surface area contributed by atoms with Crippen LogP contribution >= 0.6 is 0 Å². The van der Waals surface area contributed by atoms with Crippen molar-refractivity contribution in [3.05, 3.63) is 41.0 Å². The van der Waals surface area contributed by atoms with Crippen LogP contribution in [0.15, 0.2) is 18.2 Å². The second-order valence-corrected chi connectivity index (χ2v) is 4.18. The summed E-state index contributed by atoms with van der Waals surface area (Å²) in [6.45, 7) is 5.86. The van der Waals surface area contributed by atoms with E-state index in [9.17, 15) is 4.79 Å². The lowest BCUT2D eigenvalue weighted by atomic mass is 10.1. The Kier molecular flexibility index (Phi) is 3.41. The van der Waals surface area contributed by atoms with Crippen molar-refractivity contribution in [3.8, 4) is 0 Å². The van der Waals surface area contributed by atoms with Gasteiger partial charge >= 0.3 is 0 Å². The zero-order valence-corrected chi connectivity index (χ0v) is 10.7. The number of rotatable bonds is 3. The number of hydrogen-bond donors (Lipinski definition) is 2. The van der Waals surface area contributed by atoms with E-state index in [2.05, 4.69) is 20.5 Å². The average Bonchev–Trinajstić information content (AvgIpc) is 2.82. The molecule has 2 aromatic rings. The van der Waals surface area contributed by atoms with Crippen LogP contribution in [0.25, 0.3) is 0 Å². The second kappa shape index (κ2) is 5.00. The average molecular weight is 244 g/mol. The number of H-pyrrole nitrogens is 1. The van der Waals surface area contributed by atoms with Gasteiger partial charge in [-0.1, -0.05) is 25.1 Å². The molecule has 94 valence electrons. The fourth-order valence-electron chi connectivity index (χ4n) is 1.74. The van der Waals surface area contributed by atoms with Gasteiger partial charge in [0.05, 0.1) is 0 Å². The van der Waals surface area contributed by atoms with Gasteiger partial charge < -0.3 is 5.32 Å². The van der Waals surface area contributed by atoms with Crippen LogP contribution in [0.5, 0.6) is 0 Å². The molecule has 0 aliphatic rings. The zero-order chi connectivity index (χ0) is 13.1. The number of aromatic amines is 1. The predicted octanol–water partition coefficient (Wildman–Crippen LogP) is 2.24. The SMILES string of the molecule is CCc1nc(C(=O)Nc2c(C)cccc2C)n[nH]1. The molecule has 0 unspecified atom stereocenters. The van der Waals surface area contributed by atoms with E-state index in [0.29, 0.717) is 5.82 Å². The third-order valence-corrected chi connectivity index (χ3v) is 2.79. The van der Waals surface area contributed by atoms with E-state index in [-0.39, 0.29) is 11.7 Å². The molecular weight excluding hydrogens is 228 g/mol. The molecule has 1 aromatic heterocycles. The first-order valence-corrected chi connectivity index (χ1v) is 5.90. The first-order valence-electron chi connectivity index (χ1n) is 5.90. The summed E-state index contributed by atoms with van der Waals surface area (Å²) in [5.74, 6) is 0.597. The number of hydrogen-bond acceptors (Lipinski definition) is 3. The Balaban J connectivity index is 2.21. The molecule has 0 bridgehead atoms. The lowest BCUT2D eigenvalue weighted by molar-refractivity contribution is 0.101. The van der Waals surface area contributed by atoms with Crippen molar-refractivity contribution < 1.29 is 4.79 Å². The molecule has 0 aliphatic heterocycles. The van der Waals surface area contributed by atoms with Gasteiger partial charge in [0, 0.05) is 12.1 Å². The topological polar surface area (TPSA) is 70.7 Å². The maximum absolute atomic E-state index is 12.0. The molecule has 0 spiro atoms. The molecule has 1 aromatic carbocycles. The number of nitrogens with zero attached hydrogens (tertiary/aromatic N) is 2. The third kappa shape index (κ3) is 2.40. The smallest absolute Gasteiger partial charge is 0.295 e. The molecule has 0 saturated heterocycles. The Morgan fingerprint density at radius 2 is 2.00 bits per heavy atom. The van der Waals surface area contributed by atoms with Crippen LogP contribution in [0.4, 0.5) is 5.69 Å². The highest BCUT2D eigenvalue weighted by molar-refractivity contribution is 6.02. The summed E-state index contributed by atoms with van der Waals surface area (Å²) in [5, 5.41) is 9.47. The Bertz CT molecular complexity index is 554. The molecule has 5 nitrogen and oxygen atoms in total. The zero-order valence-electron chi connectivity index (χ0n) is 10.7. The maximum atomic E-state index is 12.0. The summed E-state index contributed by atoms with van der Waals surface area (Å²) in [4.78, 5) is 16.1. The van der Waals surface area contributed by atoms with Gasteiger partial charge in [0.1, 0.15) is 5.82 Å². The molecule has 0 saturated carbocycles. The second-order valence-electron chi connectivity index (χ2n) is 4.18. The highest BCUT2D eigenvalue weighted by atomic mass is 16.2. The third-order valence-electron chi connectivity index (χ3n) is 2.79. The van der Waals surface area contributed by atoms with Gasteiger partial charge in [-0.15, -0.1) is 5.10 Å². The first kappa shape index (κ1) is 12.3. The van der Waals surface area contributed by atoms with Crippen molar-refractivity contribution in [2.75, 3.05) is 5.32 Å². The van der Waals surface area contributed by atoms with Crippen molar-refractivity contribution >= 4 is 11.6 Å². The van der Waals surface area contributed by atoms with Crippen molar-refractivity contribution in [1.29, 1.82) is 0 Å². The summed E-state index contributed by atoms with van der Waals surface area (Å²) in [6.07, 6.45) is 0.726. The van der Waals surface area contributed by atoms with Gasteiger partial charge in [-0.2, -0.15) is 0 Å². The quantitative estimate of drug-likeness (QED) is 0.869. The van der Waals surface area contributed by atoms with Gasteiger partial charge in [0.15, 0.2) is 0 Å². The number of benzene rings is 1. The van der Waals surface area contributed by atoms with Crippen LogP contribution < -0.4 is 5.32 Å². The number of carbonyl (C=O) groups is 1. The monoisotopic (exact) mass is 244 g/mol. The van der Waals surface area contributed by atoms with Gasteiger partial charge in [-0.3, -0.25) is 9.89 Å². The fourth-order valence-corrected chi connectivity index (χ4v) is 1.74. The van der Waals surface area contributed by atoms with Gasteiger partial charge in [0.2, 0.25) is 5.82 Å². The predicted molar refractivity (Wildman–Crippen MR) is 69.6 cm³/mol. The van der Waals surface area contributed by atoms with E-state index < -0.39 is 0 Å². The molecule has 0 radical (unpaired) electrons. The van der Waals surface area contributed by atoms with Crippen molar-refractivity contribution in [1.82, 2.24) is 15.2 Å². The van der Waals surface area contributed by atoms with Crippen LogP contribution in [-0.4, -0.2) is 21.1 Å². The standard InChI is InChI=1S/C13H16N4O/c1-4-10-14-12(17-16-10)13(18)15-11-8(2)6-5-7-9(11)3/h5-7H,4H2,1-3H3,(H,15,18)(H,14,16,17). The van der Waals surface area contributed by atoms with Crippen LogP contribution in [0.1, 0.15) is 34.5 Å².